The molecule has 0 aliphatic carbocycles. The first kappa shape index (κ1) is 13.4. The van der Waals surface area contributed by atoms with E-state index < -0.39 is 0 Å². The minimum absolute atomic E-state index is 0.532. The molecule has 20 heavy (non-hydrogen) atoms. The molecule has 3 nitrogen and oxygen atoms in total. The second kappa shape index (κ2) is 5.41. The topological polar surface area (TPSA) is 40.7 Å². The third-order valence-corrected chi connectivity index (χ3v) is 4.63. The molecule has 106 valence electrons. The minimum atomic E-state index is 0.532. The third kappa shape index (κ3) is 2.38. The van der Waals surface area contributed by atoms with Gasteiger partial charge < -0.3 is 10.3 Å². The number of imidazole rings is 1. The van der Waals surface area contributed by atoms with Gasteiger partial charge in [0.05, 0.1) is 11.9 Å². The molecule has 0 spiro atoms. The molecule has 3 rings (SSSR count). The Labute approximate surface area is 120 Å². The molecule has 0 radical (unpaired) electrons. The van der Waals surface area contributed by atoms with Crippen molar-refractivity contribution in [1.29, 1.82) is 0 Å². The van der Waals surface area contributed by atoms with Crippen LogP contribution in [0.25, 0.3) is 11.3 Å². The number of hydrogen-bond donors (Lipinski definition) is 2. The molecule has 1 aliphatic rings. The second-order valence-corrected chi connectivity index (χ2v) is 5.91. The fourth-order valence-electron chi connectivity index (χ4n) is 3.01. The molecule has 3 heteroatoms. The van der Waals surface area contributed by atoms with Gasteiger partial charge in [0.2, 0.25) is 0 Å². The van der Waals surface area contributed by atoms with Crippen LogP contribution in [0.4, 0.5) is 0 Å². The molecule has 2 heterocycles. The number of rotatable bonds is 2. The normalized spacial score (nSPS) is 19.2. The predicted molar refractivity (Wildman–Crippen MR) is 83.1 cm³/mol. The van der Waals surface area contributed by atoms with E-state index in [0.717, 1.165) is 24.6 Å². The Morgan fingerprint density at radius 1 is 1.15 bits per heavy atom. The van der Waals surface area contributed by atoms with E-state index in [9.17, 15) is 0 Å². The van der Waals surface area contributed by atoms with Crippen molar-refractivity contribution in [1.82, 2.24) is 15.3 Å². The molecule has 0 amide bonds. The Balaban J connectivity index is 1.92. The summed E-state index contributed by atoms with van der Waals surface area (Å²) in [5, 5.41) is 3.45. The Bertz CT molecular complexity index is 607. The molecule has 2 N–H and O–H groups in total. The van der Waals surface area contributed by atoms with E-state index in [1.54, 1.807) is 0 Å². The van der Waals surface area contributed by atoms with Crippen LogP contribution in [-0.2, 0) is 0 Å². The fraction of sp³-hybridized carbons (Fsp3) is 0.471. The number of hydrogen-bond acceptors (Lipinski definition) is 2. The Morgan fingerprint density at radius 3 is 2.75 bits per heavy atom. The van der Waals surface area contributed by atoms with Crippen molar-refractivity contribution in [3.63, 3.8) is 0 Å². The SMILES string of the molecule is Cc1ccc(-c2cnc(C3CCCNC3)[nH]2)c(C)c1C. The van der Waals surface area contributed by atoms with Crippen LogP contribution >= 0.6 is 0 Å². The number of nitrogens with zero attached hydrogens (tertiary/aromatic N) is 1. The summed E-state index contributed by atoms with van der Waals surface area (Å²) in [7, 11) is 0. The van der Waals surface area contributed by atoms with Crippen LogP contribution in [0.15, 0.2) is 18.3 Å². The van der Waals surface area contributed by atoms with Crippen LogP contribution < -0.4 is 5.32 Å². The third-order valence-electron chi connectivity index (χ3n) is 4.63. The van der Waals surface area contributed by atoms with Crippen LogP contribution in [0, 0.1) is 20.8 Å². The highest BCUT2D eigenvalue weighted by Gasteiger charge is 2.18. The maximum absolute atomic E-state index is 4.61. The summed E-state index contributed by atoms with van der Waals surface area (Å²) in [6.45, 7) is 8.73. The van der Waals surface area contributed by atoms with Crippen molar-refractivity contribution < 1.29 is 0 Å². The van der Waals surface area contributed by atoms with E-state index in [2.05, 4.69) is 48.2 Å². The van der Waals surface area contributed by atoms with Gasteiger partial charge >= 0.3 is 0 Å². The van der Waals surface area contributed by atoms with Crippen LogP contribution in [0.1, 0.15) is 41.3 Å². The number of nitrogens with one attached hydrogen (secondary N) is 2. The van der Waals surface area contributed by atoms with Crippen molar-refractivity contribution in [2.45, 2.75) is 39.5 Å². The fourth-order valence-corrected chi connectivity index (χ4v) is 3.01. The highest BCUT2D eigenvalue weighted by Crippen LogP contribution is 2.28. The Kier molecular flexibility index (Phi) is 3.62. The first-order valence-corrected chi connectivity index (χ1v) is 7.49. The van der Waals surface area contributed by atoms with Crippen LogP contribution in [0.3, 0.4) is 0 Å². The predicted octanol–water partition coefficient (Wildman–Crippen LogP) is 3.47. The molecule has 1 aliphatic heterocycles. The average molecular weight is 269 g/mol. The molecule has 1 fully saturated rings. The van der Waals surface area contributed by atoms with E-state index in [-0.39, 0.29) is 0 Å². The monoisotopic (exact) mass is 269 g/mol. The Hall–Kier alpha value is -1.61. The van der Waals surface area contributed by atoms with E-state index in [1.165, 1.54) is 35.1 Å². The summed E-state index contributed by atoms with van der Waals surface area (Å²) in [5.74, 6) is 1.66. The van der Waals surface area contributed by atoms with Gasteiger partial charge in [-0.15, -0.1) is 0 Å². The van der Waals surface area contributed by atoms with Crippen molar-refractivity contribution in [3.8, 4) is 11.3 Å². The molecular formula is C17H23N3. The lowest BCUT2D eigenvalue weighted by molar-refractivity contribution is 0.449. The molecule has 1 atom stereocenters. The standard InChI is InChI=1S/C17H23N3/c1-11-6-7-15(13(3)12(11)2)16-10-19-17(20-16)14-5-4-8-18-9-14/h6-7,10,14,18H,4-5,8-9H2,1-3H3,(H,19,20). The zero-order valence-corrected chi connectivity index (χ0v) is 12.6. The van der Waals surface area contributed by atoms with Crippen molar-refractivity contribution in [2.24, 2.45) is 0 Å². The first-order valence-electron chi connectivity index (χ1n) is 7.49. The lowest BCUT2D eigenvalue weighted by atomic mass is 9.97. The molecule has 1 unspecified atom stereocenters. The zero-order chi connectivity index (χ0) is 14.1. The summed E-state index contributed by atoms with van der Waals surface area (Å²) in [4.78, 5) is 8.15. The minimum Gasteiger partial charge on any atom is -0.342 e. The largest absolute Gasteiger partial charge is 0.342 e. The molecule has 1 aromatic carbocycles. The van der Waals surface area contributed by atoms with Gasteiger partial charge in [-0.2, -0.15) is 0 Å². The van der Waals surface area contributed by atoms with Gasteiger partial charge in [0.15, 0.2) is 0 Å². The smallest absolute Gasteiger partial charge is 0.110 e. The van der Waals surface area contributed by atoms with E-state index in [4.69, 9.17) is 0 Å². The lowest BCUT2D eigenvalue weighted by Crippen LogP contribution is -2.28. The van der Waals surface area contributed by atoms with E-state index >= 15 is 0 Å². The van der Waals surface area contributed by atoms with Crippen molar-refractivity contribution >= 4 is 0 Å². The zero-order valence-electron chi connectivity index (χ0n) is 12.6. The molecule has 2 aromatic rings. The number of H-pyrrole nitrogens is 1. The number of benzene rings is 1. The van der Waals surface area contributed by atoms with Crippen LogP contribution in [-0.4, -0.2) is 23.1 Å². The molecule has 0 saturated carbocycles. The second-order valence-electron chi connectivity index (χ2n) is 5.91. The van der Waals surface area contributed by atoms with E-state index in [0.29, 0.717) is 5.92 Å². The van der Waals surface area contributed by atoms with Gasteiger partial charge in [0.25, 0.3) is 0 Å². The van der Waals surface area contributed by atoms with Gasteiger partial charge in [0.1, 0.15) is 5.82 Å². The van der Waals surface area contributed by atoms with Gasteiger partial charge in [0, 0.05) is 18.0 Å². The molecule has 1 saturated heterocycles. The average Bonchev–Trinajstić information content (AvgIpc) is 2.95. The number of aromatic amines is 1. The maximum atomic E-state index is 4.61. The van der Waals surface area contributed by atoms with Gasteiger partial charge in [-0.05, 0) is 56.8 Å². The number of aryl methyl sites for hydroxylation is 1. The quantitative estimate of drug-likeness (QED) is 0.876. The number of piperidine rings is 1. The molecular weight excluding hydrogens is 246 g/mol. The van der Waals surface area contributed by atoms with Crippen molar-refractivity contribution in [2.75, 3.05) is 13.1 Å². The van der Waals surface area contributed by atoms with Gasteiger partial charge in [-0.1, -0.05) is 12.1 Å². The van der Waals surface area contributed by atoms with Crippen molar-refractivity contribution in [3.05, 3.63) is 40.8 Å². The highest BCUT2D eigenvalue weighted by atomic mass is 15.0. The summed E-state index contributed by atoms with van der Waals surface area (Å²) in [5.41, 5.74) is 6.49. The Morgan fingerprint density at radius 2 is 2.00 bits per heavy atom. The van der Waals surface area contributed by atoms with E-state index in [1.807, 2.05) is 6.20 Å². The summed E-state index contributed by atoms with van der Waals surface area (Å²) in [6.07, 6.45) is 4.45. The van der Waals surface area contributed by atoms with Gasteiger partial charge in [-0.25, -0.2) is 4.98 Å². The first-order chi connectivity index (χ1) is 9.66. The van der Waals surface area contributed by atoms with Crippen LogP contribution in [0.2, 0.25) is 0 Å². The lowest BCUT2D eigenvalue weighted by Gasteiger charge is -2.20. The summed E-state index contributed by atoms with van der Waals surface area (Å²) < 4.78 is 0. The highest BCUT2D eigenvalue weighted by molar-refractivity contribution is 5.65. The van der Waals surface area contributed by atoms with Crippen LogP contribution in [0.5, 0.6) is 0 Å². The number of aromatic nitrogens is 2. The molecule has 1 aromatic heterocycles. The molecule has 0 bridgehead atoms. The summed E-state index contributed by atoms with van der Waals surface area (Å²) >= 11 is 0. The maximum Gasteiger partial charge on any atom is 0.110 e. The van der Waals surface area contributed by atoms with Gasteiger partial charge in [-0.3, -0.25) is 0 Å². The summed E-state index contributed by atoms with van der Waals surface area (Å²) in [6, 6.07) is 4.40.